The van der Waals surface area contributed by atoms with Crippen LogP contribution in [0.5, 0.6) is 0 Å². The molecule has 0 bridgehead atoms. The number of thioether (sulfide) groups is 1. The first-order valence-electron chi connectivity index (χ1n) is 8.28. The second kappa shape index (κ2) is 10.3. The molecule has 0 amide bonds. The van der Waals surface area contributed by atoms with Gasteiger partial charge in [-0.3, -0.25) is 4.31 Å². The molecule has 0 saturated heterocycles. The molecule has 0 aromatic heterocycles. The highest BCUT2D eigenvalue weighted by atomic mass is 35.5. The second-order valence-corrected chi connectivity index (χ2v) is 9.85. The van der Waals surface area contributed by atoms with Gasteiger partial charge in [-0.25, -0.2) is 12.8 Å². The molecule has 5 nitrogen and oxygen atoms in total. The molecular formula is C18H21ClFN3O2S3. The fourth-order valence-corrected chi connectivity index (χ4v) is 4.14. The Kier molecular flexibility index (Phi) is 8.36. The summed E-state index contributed by atoms with van der Waals surface area (Å²) >= 11 is 12.8. The Morgan fingerprint density at radius 3 is 2.68 bits per heavy atom. The van der Waals surface area contributed by atoms with Crippen molar-refractivity contribution in [1.29, 1.82) is 0 Å². The molecule has 0 aliphatic rings. The molecule has 2 N–H and O–H groups in total. The summed E-state index contributed by atoms with van der Waals surface area (Å²) in [6, 6.07) is 11.6. The zero-order valence-corrected chi connectivity index (χ0v) is 18.6. The third-order valence-electron chi connectivity index (χ3n) is 3.81. The van der Waals surface area contributed by atoms with E-state index in [1.807, 2.05) is 0 Å². The molecule has 0 aliphatic carbocycles. The van der Waals surface area contributed by atoms with Gasteiger partial charge >= 0.3 is 0 Å². The van der Waals surface area contributed by atoms with Crippen LogP contribution in [0.1, 0.15) is 5.56 Å². The number of anilines is 2. The van der Waals surface area contributed by atoms with Crippen molar-refractivity contribution in [3.05, 3.63) is 58.9 Å². The molecule has 0 spiro atoms. The zero-order chi connectivity index (χ0) is 20.7. The highest BCUT2D eigenvalue weighted by molar-refractivity contribution is 7.98. The van der Waals surface area contributed by atoms with E-state index in [1.54, 1.807) is 48.2 Å². The van der Waals surface area contributed by atoms with Gasteiger partial charge in [0.05, 0.1) is 11.9 Å². The molecule has 2 aromatic rings. The van der Waals surface area contributed by atoms with E-state index in [9.17, 15) is 12.8 Å². The lowest BCUT2D eigenvalue weighted by Gasteiger charge is -2.18. The van der Waals surface area contributed by atoms with Crippen LogP contribution >= 0.6 is 35.6 Å². The van der Waals surface area contributed by atoms with Crippen molar-refractivity contribution in [2.75, 3.05) is 35.2 Å². The van der Waals surface area contributed by atoms with Crippen LogP contribution < -0.4 is 14.9 Å². The summed E-state index contributed by atoms with van der Waals surface area (Å²) in [6.07, 6.45) is 1.14. The van der Waals surface area contributed by atoms with Crippen LogP contribution in [0.2, 0.25) is 5.02 Å². The quantitative estimate of drug-likeness (QED) is 0.456. The van der Waals surface area contributed by atoms with E-state index >= 15 is 0 Å². The number of sulfonamides is 1. The normalized spacial score (nSPS) is 11.1. The van der Waals surface area contributed by atoms with Gasteiger partial charge in [-0.15, -0.1) is 0 Å². The van der Waals surface area contributed by atoms with Crippen molar-refractivity contribution in [2.24, 2.45) is 0 Å². The monoisotopic (exact) mass is 461 g/mol. The van der Waals surface area contributed by atoms with Gasteiger partial charge in [0.25, 0.3) is 0 Å². The number of thiocarbonyl (C=S) groups is 1. The van der Waals surface area contributed by atoms with Gasteiger partial charge in [0, 0.05) is 41.4 Å². The fourth-order valence-electron chi connectivity index (χ4n) is 2.23. The second-order valence-electron chi connectivity index (χ2n) is 5.91. The lowest BCUT2D eigenvalue weighted by Crippen LogP contribution is -2.30. The maximum Gasteiger partial charge on any atom is 0.231 e. The highest BCUT2D eigenvalue weighted by Crippen LogP contribution is 2.23. The summed E-state index contributed by atoms with van der Waals surface area (Å²) in [5.41, 5.74) is 1.71. The lowest BCUT2D eigenvalue weighted by molar-refractivity contribution is 0.600. The molecule has 0 saturated carbocycles. The summed E-state index contributed by atoms with van der Waals surface area (Å²) in [4.78, 5) is 0. The van der Waals surface area contributed by atoms with Crippen molar-refractivity contribution in [1.82, 2.24) is 5.32 Å². The number of halogens is 2. The molecule has 0 radical (unpaired) electrons. The van der Waals surface area contributed by atoms with Crippen LogP contribution in [-0.2, 0) is 15.8 Å². The zero-order valence-electron chi connectivity index (χ0n) is 15.4. The van der Waals surface area contributed by atoms with Gasteiger partial charge < -0.3 is 10.6 Å². The molecule has 2 rings (SSSR count). The van der Waals surface area contributed by atoms with Crippen LogP contribution in [0.15, 0.2) is 42.5 Å². The van der Waals surface area contributed by atoms with Crippen molar-refractivity contribution >= 4 is 62.1 Å². The molecule has 0 aliphatic heterocycles. The van der Waals surface area contributed by atoms with E-state index in [2.05, 4.69) is 10.6 Å². The van der Waals surface area contributed by atoms with E-state index in [-0.39, 0.29) is 5.82 Å². The number of nitrogens with one attached hydrogen (secondary N) is 2. The van der Waals surface area contributed by atoms with Gasteiger partial charge in [-0.2, -0.15) is 11.8 Å². The van der Waals surface area contributed by atoms with Gasteiger partial charge in [-0.05, 0) is 42.5 Å². The molecule has 152 valence electrons. The summed E-state index contributed by atoms with van der Waals surface area (Å²) in [7, 11) is -1.84. The van der Waals surface area contributed by atoms with Crippen molar-refractivity contribution in [3.63, 3.8) is 0 Å². The van der Waals surface area contributed by atoms with Crippen molar-refractivity contribution in [3.8, 4) is 0 Å². The van der Waals surface area contributed by atoms with Crippen LogP contribution in [0.3, 0.4) is 0 Å². The summed E-state index contributed by atoms with van der Waals surface area (Å²) < 4.78 is 38.2. The number of nitrogens with zero attached hydrogens (tertiary/aromatic N) is 1. The Hall–Kier alpha value is -1.55. The molecule has 0 fully saturated rings. The maximum atomic E-state index is 13.7. The lowest BCUT2D eigenvalue weighted by atomic mass is 10.2. The first-order valence-corrected chi connectivity index (χ1v) is 12.1. The standard InChI is InChI=1S/C18H21ClFN3O2S3/c1-23(28(2,24)25)14-6-3-5-13(11-14)22-18(26)21-9-10-27-12-15-16(19)7-4-8-17(15)20/h3-8,11H,9-10,12H2,1-2H3,(H2,21,22,26). The topological polar surface area (TPSA) is 61.4 Å². The number of benzene rings is 2. The Bertz CT molecular complexity index is 921. The van der Waals surface area contributed by atoms with E-state index in [0.29, 0.717) is 45.1 Å². The minimum Gasteiger partial charge on any atom is -0.362 e. The van der Waals surface area contributed by atoms with Gasteiger partial charge in [-0.1, -0.05) is 23.7 Å². The van der Waals surface area contributed by atoms with Crippen molar-refractivity contribution < 1.29 is 12.8 Å². The third kappa shape index (κ3) is 6.80. The average molecular weight is 462 g/mol. The smallest absolute Gasteiger partial charge is 0.231 e. The summed E-state index contributed by atoms with van der Waals surface area (Å²) in [5, 5.41) is 6.94. The third-order valence-corrected chi connectivity index (χ3v) is 6.60. The van der Waals surface area contributed by atoms with E-state index in [1.165, 1.54) is 17.4 Å². The minimum absolute atomic E-state index is 0.302. The molecule has 0 atom stereocenters. The minimum atomic E-state index is -3.33. The first-order chi connectivity index (χ1) is 13.2. The van der Waals surface area contributed by atoms with Gasteiger partial charge in [0.15, 0.2) is 5.11 Å². The van der Waals surface area contributed by atoms with E-state index in [4.69, 9.17) is 23.8 Å². The largest absolute Gasteiger partial charge is 0.362 e. The molecular weight excluding hydrogens is 441 g/mol. The Balaban J connectivity index is 1.79. The summed E-state index contributed by atoms with van der Waals surface area (Å²) in [5.74, 6) is 0.889. The molecule has 28 heavy (non-hydrogen) atoms. The van der Waals surface area contributed by atoms with Crippen LogP contribution in [0, 0.1) is 5.82 Å². The average Bonchev–Trinajstić information content (AvgIpc) is 2.62. The number of rotatable bonds is 8. The molecule has 2 aromatic carbocycles. The molecule has 10 heteroatoms. The summed E-state index contributed by atoms with van der Waals surface area (Å²) in [6.45, 7) is 0.589. The van der Waals surface area contributed by atoms with Crippen LogP contribution in [-0.4, -0.2) is 39.1 Å². The Morgan fingerprint density at radius 1 is 1.29 bits per heavy atom. The highest BCUT2D eigenvalue weighted by Gasteiger charge is 2.12. The number of hydrogen-bond donors (Lipinski definition) is 2. The first kappa shape index (κ1) is 22.7. The van der Waals surface area contributed by atoms with Gasteiger partial charge in [0.1, 0.15) is 5.82 Å². The predicted molar refractivity (Wildman–Crippen MR) is 121 cm³/mol. The maximum absolute atomic E-state index is 13.7. The van der Waals surface area contributed by atoms with Gasteiger partial charge in [0.2, 0.25) is 10.0 Å². The Labute approximate surface area is 179 Å². The molecule has 0 heterocycles. The SMILES string of the molecule is CN(c1cccc(NC(=S)NCCSCc2c(F)cccc2Cl)c1)S(C)(=O)=O. The number of hydrogen-bond acceptors (Lipinski definition) is 4. The molecule has 0 unspecified atom stereocenters. The van der Waals surface area contributed by atoms with Crippen LogP contribution in [0.4, 0.5) is 15.8 Å². The van der Waals surface area contributed by atoms with E-state index in [0.717, 1.165) is 6.26 Å². The Morgan fingerprint density at radius 2 is 2.00 bits per heavy atom. The van der Waals surface area contributed by atoms with E-state index < -0.39 is 10.0 Å². The van der Waals surface area contributed by atoms with Crippen molar-refractivity contribution in [2.45, 2.75) is 5.75 Å². The fraction of sp³-hybridized carbons (Fsp3) is 0.278. The van der Waals surface area contributed by atoms with Crippen LogP contribution in [0.25, 0.3) is 0 Å². The predicted octanol–water partition coefficient (Wildman–Crippen LogP) is 4.09.